The zero-order valence-corrected chi connectivity index (χ0v) is 20.2. The fourth-order valence-electron chi connectivity index (χ4n) is 4.51. The predicted octanol–water partition coefficient (Wildman–Crippen LogP) is 4.84. The van der Waals surface area contributed by atoms with E-state index in [2.05, 4.69) is 18.2 Å². The van der Waals surface area contributed by atoms with Crippen LogP contribution in [0.3, 0.4) is 0 Å². The summed E-state index contributed by atoms with van der Waals surface area (Å²) in [7, 11) is 1.73. The molecule has 0 fully saturated rings. The van der Waals surface area contributed by atoms with Crippen LogP contribution in [-0.4, -0.2) is 41.3 Å². The molecule has 2 heterocycles. The second kappa shape index (κ2) is 10.2. The number of nitrogens with zero attached hydrogens (tertiary/aromatic N) is 2. The second-order valence-electron chi connectivity index (χ2n) is 9.14. The zero-order chi connectivity index (χ0) is 24.2. The monoisotopic (exact) mass is 460 g/mol. The van der Waals surface area contributed by atoms with Crippen molar-refractivity contribution in [2.24, 2.45) is 5.92 Å². The number of amides is 2. The van der Waals surface area contributed by atoms with Crippen molar-refractivity contribution in [2.75, 3.05) is 13.6 Å². The summed E-state index contributed by atoms with van der Waals surface area (Å²) in [5.41, 5.74) is 3.31. The van der Waals surface area contributed by atoms with Gasteiger partial charge in [0.05, 0.1) is 18.8 Å². The van der Waals surface area contributed by atoms with E-state index in [0.29, 0.717) is 18.8 Å². The average Bonchev–Trinajstić information content (AvgIpc) is 3.35. The highest BCUT2D eigenvalue weighted by Gasteiger charge is 2.33. The maximum absolute atomic E-state index is 13.1. The number of benzene rings is 2. The van der Waals surface area contributed by atoms with Gasteiger partial charge >= 0.3 is 0 Å². The van der Waals surface area contributed by atoms with Crippen LogP contribution in [0.5, 0.6) is 5.75 Å². The molecule has 0 N–H and O–H groups in total. The SMILES string of the molecule is CC(C)C(=O)N1CCc2ccc(O[C@H](C)C(=O)N(C)Cc3ccco3)cc2[C@@H]1c1ccccc1. The number of likely N-dealkylation sites (N-methyl/N-ethyl adjacent to an activating group) is 1. The molecule has 1 aromatic heterocycles. The largest absolute Gasteiger partial charge is 0.481 e. The number of ether oxygens (including phenoxy) is 1. The number of hydrogen-bond donors (Lipinski definition) is 0. The van der Waals surface area contributed by atoms with E-state index in [1.54, 1.807) is 31.2 Å². The number of rotatable bonds is 7. The van der Waals surface area contributed by atoms with Crippen LogP contribution in [0.4, 0.5) is 0 Å². The maximum atomic E-state index is 13.1. The Morgan fingerprint density at radius 1 is 1.09 bits per heavy atom. The molecule has 34 heavy (non-hydrogen) atoms. The van der Waals surface area contributed by atoms with Gasteiger partial charge < -0.3 is 19.0 Å². The van der Waals surface area contributed by atoms with Crippen LogP contribution < -0.4 is 4.74 Å². The van der Waals surface area contributed by atoms with Crippen LogP contribution >= 0.6 is 0 Å². The quantitative estimate of drug-likeness (QED) is 0.506. The minimum atomic E-state index is -0.662. The lowest BCUT2D eigenvalue weighted by Gasteiger charge is -2.39. The molecule has 6 heteroatoms. The van der Waals surface area contributed by atoms with Crippen LogP contribution in [0.25, 0.3) is 0 Å². The summed E-state index contributed by atoms with van der Waals surface area (Å²) in [5.74, 6) is 1.25. The maximum Gasteiger partial charge on any atom is 0.263 e. The normalized spacial score (nSPS) is 16.1. The molecule has 1 aliphatic rings. The van der Waals surface area contributed by atoms with Crippen LogP contribution in [0, 0.1) is 5.92 Å². The van der Waals surface area contributed by atoms with E-state index >= 15 is 0 Å². The first-order valence-electron chi connectivity index (χ1n) is 11.8. The van der Waals surface area contributed by atoms with Gasteiger partial charge in [-0.2, -0.15) is 0 Å². The number of carbonyl (C=O) groups excluding carboxylic acids is 2. The number of fused-ring (bicyclic) bond motifs is 1. The molecule has 3 aromatic rings. The van der Waals surface area contributed by atoms with Crippen molar-refractivity contribution in [1.82, 2.24) is 9.80 Å². The lowest BCUT2D eigenvalue weighted by atomic mass is 9.87. The zero-order valence-electron chi connectivity index (χ0n) is 20.2. The third-order valence-corrected chi connectivity index (χ3v) is 6.25. The van der Waals surface area contributed by atoms with Gasteiger partial charge in [-0.3, -0.25) is 9.59 Å². The van der Waals surface area contributed by atoms with Crippen molar-refractivity contribution in [1.29, 1.82) is 0 Å². The third-order valence-electron chi connectivity index (χ3n) is 6.25. The van der Waals surface area contributed by atoms with E-state index in [1.807, 2.05) is 55.1 Å². The fourth-order valence-corrected chi connectivity index (χ4v) is 4.51. The molecule has 178 valence electrons. The Labute approximate surface area is 201 Å². The molecular formula is C28H32N2O4. The third kappa shape index (κ3) is 5.01. The Hall–Kier alpha value is -3.54. The molecule has 4 rings (SSSR count). The first kappa shape index (κ1) is 23.6. The van der Waals surface area contributed by atoms with Gasteiger partial charge in [-0.25, -0.2) is 0 Å². The van der Waals surface area contributed by atoms with Crippen molar-refractivity contribution < 1.29 is 18.7 Å². The fraction of sp³-hybridized carbons (Fsp3) is 0.357. The number of furan rings is 1. The summed E-state index contributed by atoms with van der Waals surface area (Å²) in [5, 5.41) is 0. The van der Waals surface area contributed by atoms with Gasteiger partial charge in [0.25, 0.3) is 5.91 Å². The number of carbonyl (C=O) groups is 2. The van der Waals surface area contributed by atoms with Gasteiger partial charge in [0.2, 0.25) is 5.91 Å². The van der Waals surface area contributed by atoms with Crippen LogP contribution in [-0.2, 0) is 22.6 Å². The molecule has 0 radical (unpaired) electrons. The Kier molecular flexibility index (Phi) is 7.06. The smallest absolute Gasteiger partial charge is 0.263 e. The van der Waals surface area contributed by atoms with E-state index in [1.165, 1.54) is 5.56 Å². The number of hydrogen-bond acceptors (Lipinski definition) is 4. The topological polar surface area (TPSA) is 63.0 Å². The van der Waals surface area contributed by atoms with E-state index in [0.717, 1.165) is 23.3 Å². The highest BCUT2D eigenvalue weighted by atomic mass is 16.5. The van der Waals surface area contributed by atoms with Gasteiger partial charge in [0, 0.05) is 19.5 Å². The minimum Gasteiger partial charge on any atom is -0.481 e. The van der Waals surface area contributed by atoms with E-state index < -0.39 is 6.10 Å². The van der Waals surface area contributed by atoms with E-state index in [9.17, 15) is 9.59 Å². The summed E-state index contributed by atoms with van der Waals surface area (Å²) in [6, 6.07) is 19.5. The highest BCUT2D eigenvalue weighted by molar-refractivity contribution is 5.81. The van der Waals surface area contributed by atoms with E-state index in [-0.39, 0.29) is 23.8 Å². The molecule has 0 saturated heterocycles. The van der Waals surface area contributed by atoms with Gasteiger partial charge in [-0.05, 0) is 54.3 Å². The molecule has 6 nitrogen and oxygen atoms in total. The molecule has 0 saturated carbocycles. The minimum absolute atomic E-state index is 0.0884. The summed E-state index contributed by atoms with van der Waals surface area (Å²) in [6.45, 7) is 6.68. The molecule has 2 atom stereocenters. The van der Waals surface area contributed by atoms with Crippen molar-refractivity contribution >= 4 is 11.8 Å². The molecule has 2 aromatic carbocycles. The van der Waals surface area contributed by atoms with Gasteiger partial charge in [-0.1, -0.05) is 50.2 Å². The Balaban J connectivity index is 1.58. The van der Waals surface area contributed by atoms with Crippen LogP contribution in [0.1, 0.15) is 49.3 Å². The van der Waals surface area contributed by atoms with Crippen LogP contribution in [0.15, 0.2) is 71.3 Å². The first-order valence-corrected chi connectivity index (χ1v) is 11.8. The second-order valence-corrected chi connectivity index (χ2v) is 9.14. The Bertz CT molecular complexity index is 1120. The molecular weight excluding hydrogens is 428 g/mol. The molecule has 0 aliphatic carbocycles. The van der Waals surface area contributed by atoms with Crippen molar-refractivity contribution in [3.05, 3.63) is 89.4 Å². The van der Waals surface area contributed by atoms with Crippen LogP contribution in [0.2, 0.25) is 0 Å². The average molecular weight is 461 g/mol. The molecule has 2 amide bonds. The van der Waals surface area contributed by atoms with Gasteiger partial charge in [0.1, 0.15) is 11.5 Å². The Morgan fingerprint density at radius 3 is 2.53 bits per heavy atom. The molecule has 0 spiro atoms. The molecule has 0 unspecified atom stereocenters. The van der Waals surface area contributed by atoms with E-state index in [4.69, 9.17) is 9.15 Å². The molecule has 1 aliphatic heterocycles. The summed E-state index contributed by atoms with van der Waals surface area (Å²) in [4.78, 5) is 29.5. The lowest BCUT2D eigenvalue weighted by Crippen LogP contribution is -2.42. The molecule has 0 bridgehead atoms. The van der Waals surface area contributed by atoms with Crippen molar-refractivity contribution in [3.63, 3.8) is 0 Å². The van der Waals surface area contributed by atoms with Gasteiger partial charge in [-0.15, -0.1) is 0 Å². The summed E-state index contributed by atoms with van der Waals surface area (Å²) in [6.07, 6.45) is 1.72. The predicted molar refractivity (Wildman–Crippen MR) is 130 cm³/mol. The van der Waals surface area contributed by atoms with Gasteiger partial charge in [0.15, 0.2) is 6.10 Å². The summed E-state index contributed by atoms with van der Waals surface area (Å²) >= 11 is 0. The lowest BCUT2D eigenvalue weighted by molar-refractivity contribution is -0.137. The summed E-state index contributed by atoms with van der Waals surface area (Å²) < 4.78 is 11.4. The van der Waals surface area contributed by atoms with Crippen molar-refractivity contribution in [3.8, 4) is 5.75 Å². The Morgan fingerprint density at radius 2 is 1.85 bits per heavy atom. The standard InChI is InChI=1S/C28H32N2O4/c1-19(2)27(31)30-15-14-21-12-13-23(17-25(21)26(30)22-9-6-5-7-10-22)34-20(3)28(32)29(4)18-24-11-8-16-33-24/h5-13,16-17,19-20,26H,14-15,18H2,1-4H3/t20-,26+/m1/s1. The van der Waals surface area contributed by atoms with Crippen molar-refractivity contribution in [2.45, 2.75) is 45.9 Å². The highest BCUT2D eigenvalue weighted by Crippen LogP contribution is 2.38. The first-order chi connectivity index (χ1) is 16.3.